The van der Waals surface area contributed by atoms with E-state index in [1.54, 1.807) is 30.7 Å². The van der Waals surface area contributed by atoms with Gasteiger partial charge in [-0.25, -0.2) is 9.97 Å². The molecule has 2 amide bonds. The molecule has 0 aliphatic carbocycles. The Hall–Kier alpha value is -2.69. The van der Waals surface area contributed by atoms with E-state index in [-0.39, 0.29) is 11.8 Å². The van der Waals surface area contributed by atoms with Crippen molar-refractivity contribution in [1.82, 2.24) is 24.7 Å². The molecule has 1 aromatic heterocycles. The third-order valence-electron chi connectivity index (χ3n) is 7.22. The quantitative estimate of drug-likeness (QED) is 0.384. The first-order valence-corrected chi connectivity index (χ1v) is 13.9. The van der Waals surface area contributed by atoms with Gasteiger partial charge in [0, 0.05) is 70.7 Å². The summed E-state index contributed by atoms with van der Waals surface area (Å²) in [7, 11) is 5.98. The molecule has 4 rings (SSSR count). The van der Waals surface area contributed by atoms with Crippen LogP contribution >= 0.6 is 11.8 Å². The van der Waals surface area contributed by atoms with Crippen LogP contribution in [0.2, 0.25) is 0 Å². The van der Waals surface area contributed by atoms with E-state index in [1.807, 2.05) is 35.2 Å². The van der Waals surface area contributed by atoms with Crippen molar-refractivity contribution in [2.45, 2.75) is 43.3 Å². The number of hydrogen-bond acceptors (Lipinski definition) is 8. The van der Waals surface area contributed by atoms with Crippen molar-refractivity contribution in [3.05, 3.63) is 47.2 Å². The minimum absolute atomic E-state index is 0.0135. The van der Waals surface area contributed by atoms with Crippen LogP contribution in [-0.4, -0.2) is 103 Å². The number of thioether (sulfide) groups is 1. The third-order valence-corrected chi connectivity index (χ3v) is 8.13. The first-order chi connectivity index (χ1) is 17.8. The monoisotopic (exact) mass is 526 g/mol. The molecule has 0 saturated carbocycles. The maximum absolute atomic E-state index is 12.9. The lowest BCUT2D eigenvalue weighted by Gasteiger charge is -2.35. The second-order valence-corrected chi connectivity index (χ2v) is 10.8. The molecule has 0 unspecified atom stereocenters. The molecule has 2 aliphatic rings. The topological polar surface area (TPSA) is 82.1 Å². The number of piperidine rings is 1. The second kappa shape index (κ2) is 12.7. The van der Waals surface area contributed by atoms with E-state index in [2.05, 4.69) is 23.9 Å². The number of amides is 2. The fraction of sp³-hybridized carbons (Fsp3) is 0.556. The van der Waals surface area contributed by atoms with Gasteiger partial charge in [-0.1, -0.05) is 23.9 Å². The van der Waals surface area contributed by atoms with E-state index < -0.39 is 0 Å². The Kier molecular flexibility index (Phi) is 9.39. The zero-order chi connectivity index (χ0) is 26.4. The van der Waals surface area contributed by atoms with Crippen LogP contribution in [0.25, 0.3) is 0 Å². The number of carbonyl (C=O) groups excluding carboxylic acids is 2. The SMILES string of the molecule is COCc1cc(N(C)C2CCN(C)CC2)nc(SCc2ccc(C(=O)N3CCN(C(C)=O)CC3)cc2)n1. The van der Waals surface area contributed by atoms with Crippen molar-refractivity contribution in [2.75, 3.05) is 65.4 Å². The molecule has 37 heavy (non-hydrogen) atoms. The molecule has 0 bridgehead atoms. The minimum Gasteiger partial charge on any atom is -0.378 e. The summed E-state index contributed by atoms with van der Waals surface area (Å²) in [5, 5.41) is 0.729. The molecule has 0 atom stereocenters. The number of nitrogens with zero attached hydrogens (tertiary/aromatic N) is 6. The molecule has 1 aromatic carbocycles. The van der Waals surface area contributed by atoms with Crippen molar-refractivity contribution < 1.29 is 14.3 Å². The van der Waals surface area contributed by atoms with E-state index in [1.165, 1.54) is 0 Å². The zero-order valence-electron chi connectivity index (χ0n) is 22.4. The van der Waals surface area contributed by atoms with Gasteiger partial charge in [-0.2, -0.15) is 0 Å². The minimum atomic E-state index is 0.0135. The van der Waals surface area contributed by atoms with Crippen LogP contribution in [0, 0.1) is 0 Å². The first kappa shape index (κ1) is 27.3. The fourth-order valence-electron chi connectivity index (χ4n) is 4.79. The van der Waals surface area contributed by atoms with Crippen LogP contribution < -0.4 is 4.90 Å². The van der Waals surface area contributed by atoms with Gasteiger partial charge < -0.3 is 24.3 Å². The van der Waals surface area contributed by atoms with E-state index in [9.17, 15) is 9.59 Å². The van der Waals surface area contributed by atoms with Crippen LogP contribution in [0.4, 0.5) is 5.82 Å². The Morgan fingerprint density at radius 1 is 1.03 bits per heavy atom. The van der Waals surface area contributed by atoms with E-state index >= 15 is 0 Å². The summed E-state index contributed by atoms with van der Waals surface area (Å²) >= 11 is 1.59. The molecular weight excluding hydrogens is 488 g/mol. The van der Waals surface area contributed by atoms with Crippen molar-refractivity contribution in [1.29, 1.82) is 0 Å². The molecule has 2 fully saturated rings. The normalized spacial score (nSPS) is 17.2. The number of benzene rings is 1. The van der Waals surface area contributed by atoms with Gasteiger partial charge in [0.1, 0.15) is 5.82 Å². The van der Waals surface area contributed by atoms with Gasteiger partial charge in [-0.15, -0.1) is 0 Å². The van der Waals surface area contributed by atoms with Crippen molar-refractivity contribution in [2.24, 2.45) is 0 Å². The molecule has 0 radical (unpaired) electrons. The molecule has 9 nitrogen and oxygen atoms in total. The van der Waals surface area contributed by atoms with E-state index in [0.29, 0.717) is 50.1 Å². The molecule has 0 spiro atoms. The average molecular weight is 527 g/mol. The molecule has 200 valence electrons. The standard InChI is InChI=1S/C27H38N6O3S/c1-20(34)32-13-15-33(16-14-32)26(35)22-7-5-21(6-8-22)19-37-27-28-23(18-36-4)17-25(29-27)31(3)24-9-11-30(2)12-10-24/h5-8,17,24H,9-16,18-19H2,1-4H3. The Morgan fingerprint density at radius 3 is 2.30 bits per heavy atom. The van der Waals surface area contributed by atoms with Crippen LogP contribution in [0.5, 0.6) is 0 Å². The predicted molar refractivity (Wildman–Crippen MR) is 146 cm³/mol. The summed E-state index contributed by atoms with van der Waals surface area (Å²) in [6.07, 6.45) is 2.24. The molecule has 2 aromatic rings. The second-order valence-electron chi connectivity index (χ2n) is 9.86. The molecular formula is C27H38N6O3S. The van der Waals surface area contributed by atoms with Gasteiger partial charge in [0.15, 0.2) is 5.16 Å². The molecule has 10 heteroatoms. The Balaban J connectivity index is 1.37. The summed E-state index contributed by atoms with van der Waals surface area (Å²) in [5.41, 5.74) is 2.65. The summed E-state index contributed by atoms with van der Waals surface area (Å²) in [5.74, 6) is 1.72. The Morgan fingerprint density at radius 2 is 1.68 bits per heavy atom. The number of rotatable bonds is 8. The summed E-state index contributed by atoms with van der Waals surface area (Å²) < 4.78 is 5.36. The number of hydrogen-bond donors (Lipinski definition) is 0. The lowest BCUT2D eigenvalue weighted by molar-refractivity contribution is -0.130. The van der Waals surface area contributed by atoms with Crippen LogP contribution in [0.3, 0.4) is 0 Å². The average Bonchev–Trinajstić information content (AvgIpc) is 2.92. The predicted octanol–water partition coefficient (Wildman–Crippen LogP) is 2.75. The van der Waals surface area contributed by atoms with Crippen LogP contribution in [-0.2, 0) is 21.9 Å². The van der Waals surface area contributed by atoms with Crippen LogP contribution in [0.15, 0.2) is 35.5 Å². The number of aromatic nitrogens is 2. The van der Waals surface area contributed by atoms with Crippen LogP contribution in [0.1, 0.15) is 41.4 Å². The number of piperazine rings is 1. The number of anilines is 1. The summed E-state index contributed by atoms with van der Waals surface area (Å²) in [6, 6.07) is 10.3. The Bertz CT molecular complexity index is 1070. The van der Waals surface area contributed by atoms with Gasteiger partial charge in [0.2, 0.25) is 5.91 Å². The third kappa shape index (κ3) is 7.21. The highest BCUT2D eigenvalue weighted by Gasteiger charge is 2.24. The summed E-state index contributed by atoms with van der Waals surface area (Å²) in [4.78, 5) is 42.3. The number of ether oxygens (including phenoxy) is 1. The van der Waals surface area contributed by atoms with Gasteiger partial charge in [-0.3, -0.25) is 9.59 Å². The number of likely N-dealkylation sites (tertiary alicyclic amines) is 1. The highest BCUT2D eigenvalue weighted by Crippen LogP contribution is 2.26. The Labute approximate surface area is 224 Å². The fourth-order valence-corrected chi connectivity index (χ4v) is 5.62. The van der Waals surface area contributed by atoms with E-state index in [4.69, 9.17) is 14.7 Å². The van der Waals surface area contributed by atoms with Crippen molar-refractivity contribution in [3.8, 4) is 0 Å². The van der Waals surface area contributed by atoms with Gasteiger partial charge in [0.25, 0.3) is 5.91 Å². The van der Waals surface area contributed by atoms with E-state index in [0.717, 1.165) is 48.2 Å². The number of methoxy groups -OCH3 is 1. The maximum atomic E-state index is 12.9. The lowest BCUT2D eigenvalue weighted by Crippen LogP contribution is -2.50. The highest BCUT2D eigenvalue weighted by atomic mass is 32.2. The number of carbonyl (C=O) groups is 2. The smallest absolute Gasteiger partial charge is 0.253 e. The van der Waals surface area contributed by atoms with Gasteiger partial charge in [0.05, 0.1) is 12.3 Å². The highest BCUT2D eigenvalue weighted by molar-refractivity contribution is 7.98. The van der Waals surface area contributed by atoms with Gasteiger partial charge >= 0.3 is 0 Å². The van der Waals surface area contributed by atoms with Crippen molar-refractivity contribution >= 4 is 29.4 Å². The molecule has 2 aliphatic heterocycles. The lowest BCUT2D eigenvalue weighted by atomic mass is 10.0. The largest absolute Gasteiger partial charge is 0.378 e. The maximum Gasteiger partial charge on any atom is 0.253 e. The molecule has 0 N–H and O–H groups in total. The van der Waals surface area contributed by atoms with Crippen molar-refractivity contribution in [3.63, 3.8) is 0 Å². The molecule has 2 saturated heterocycles. The molecule has 3 heterocycles. The first-order valence-electron chi connectivity index (χ1n) is 12.9. The zero-order valence-corrected chi connectivity index (χ0v) is 23.2. The summed E-state index contributed by atoms with van der Waals surface area (Å²) in [6.45, 7) is 6.53. The van der Waals surface area contributed by atoms with Gasteiger partial charge in [-0.05, 0) is 50.7 Å².